The molecule has 2 atom stereocenters. The summed E-state index contributed by atoms with van der Waals surface area (Å²) in [5.74, 6) is -0.833. The van der Waals surface area contributed by atoms with Gasteiger partial charge >= 0.3 is 0 Å². The summed E-state index contributed by atoms with van der Waals surface area (Å²) in [5.41, 5.74) is 0.686. The van der Waals surface area contributed by atoms with E-state index in [9.17, 15) is 13.5 Å². The van der Waals surface area contributed by atoms with E-state index in [1.165, 1.54) is 12.1 Å². The number of rotatable bonds is 4. The molecule has 1 unspecified atom stereocenters. The van der Waals surface area contributed by atoms with Gasteiger partial charge < -0.3 is 14.6 Å². The minimum atomic E-state index is -3.42. The summed E-state index contributed by atoms with van der Waals surface area (Å²) in [6.07, 6.45) is -1.06. The van der Waals surface area contributed by atoms with Crippen LogP contribution in [0, 0.1) is 0 Å². The van der Waals surface area contributed by atoms with Crippen LogP contribution in [0.1, 0.15) is 32.4 Å². The number of hydrogen-bond donors (Lipinski definition) is 1. The van der Waals surface area contributed by atoms with Crippen LogP contribution in [0.15, 0.2) is 29.2 Å². The number of hydrogen-bond acceptors (Lipinski definition) is 5. The standard InChI is InChI=1S/C14H20O5S/c1-10(15)11-4-6-13(7-5-11)20(16,17)9-12-8-18-14(2,3)19-12/h4-7,10,12,15H,8-9H2,1-3H3/t10-,12?/m1/s1. The summed E-state index contributed by atoms with van der Waals surface area (Å²) in [6.45, 7) is 5.43. The van der Waals surface area contributed by atoms with E-state index in [1.807, 2.05) is 0 Å². The van der Waals surface area contributed by atoms with Crippen LogP contribution in [-0.4, -0.2) is 37.8 Å². The third kappa shape index (κ3) is 3.58. The predicted octanol–water partition coefficient (Wildman–Crippen LogP) is 1.67. The Kier molecular flexibility index (Phi) is 4.20. The van der Waals surface area contributed by atoms with E-state index in [1.54, 1.807) is 32.9 Å². The third-order valence-corrected chi connectivity index (χ3v) is 5.00. The zero-order valence-corrected chi connectivity index (χ0v) is 12.7. The maximum Gasteiger partial charge on any atom is 0.181 e. The molecule has 0 aromatic heterocycles. The second-order valence-electron chi connectivity index (χ2n) is 5.48. The molecule has 5 nitrogen and oxygen atoms in total. The van der Waals surface area contributed by atoms with Crippen LogP contribution in [0.4, 0.5) is 0 Å². The number of aliphatic hydroxyl groups is 1. The lowest BCUT2D eigenvalue weighted by atomic mass is 10.1. The minimum absolute atomic E-state index is 0.107. The van der Waals surface area contributed by atoms with Crippen molar-refractivity contribution in [2.24, 2.45) is 0 Å². The second kappa shape index (κ2) is 5.44. The van der Waals surface area contributed by atoms with E-state index in [4.69, 9.17) is 9.47 Å². The van der Waals surface area contributed by atoms with Crippen LogP contribution in [0.3, 0.4) is 0 Å². The SMILES string of the molecule is C[C@@H](O)c1ccc(S(=O)(=O)CC2COC(C)(C)O2)cc1. The highest BCUT2D eigenvalue weighted by Gasteiger charge is 2.35. The molecule has 1 heterocycles. The molecule has 1 aromatic rings. The summed E-state index contributed by atoms with van der Waals surface area (Å²) in [5, 5.41) is 9.42. The Labute approximate surface area is 119 Å². The van der Waals surface area contributed by atoms with E-state index < -0.39 is 27.8 Å². The molecule has 0 saturated carbocycles. The molecule has 112 valence electrons. The fourth-order valence-corrected chi connectivity index (χ4v) is 3.54. The van der Waals surface area contributed by atoms with E-state index in [0.29, 0.717) is 5.56 Å². The summed E-state index contributed by atoms with van der Waals surface area (Å²) in [7, 11) is -3.42. The van der Waals surface area contributed by atoms with Crippen molar-refractivity contribution in [1.29, 1.82) is 0 Å². The van der Waals surface area contributed by atoms with Gasteiger partial charge in [0.2, 0.25) is 0 Å². The molecule has 1 aliphatic rings. The molecule has 1 saturated heterocycles. The molecule has 1 aromatic carbocycles. The highest BCUT2D eigenvalue weighted by atomic mass is 32.2. The molecule has 0 aliphatic carbocycles. The van der Waals surface area contributed by atoms with Gasteiger partial charge in [0.15, 0.2) is 15.6 Å². The maximum absolute atomic E-state index is 12.3. The molecule has 20 heavy (non-hydrogen) atoms. The average Bonchev–Trinajstić information content (AvgIpc) is 2.68. The van der Waals surface area contributed by atoms with Gasteiger partial charge in [0.25, 0.3) is 0 Å². The topological polar surface area (TPSA) is 72.8 Å². The second-order valence-corrected chi connectivity index (χ2v) is 7.51. The van der Waals surface area contributed by atoms with Crippen LogP contribution in [0.5, 0.6) is 0 Å². The van der Waals surface area contributed by atoms with Gasteiger partial charge in [-0.25, -0.2) is 8.42 Å². The van der Waals surface area contributed by atoms with Crippen molar-refractivity contribution in [2.75, 3.05) is 12.4 Å². The van der Waals surface area contributed by atoms with Crippen molar-refractivity contribution >= 4 is 9.84 Å². The van der Waals surface area contributed by atoms with Gasteiger partial charge in [-0.05, 0) is 38.5 Å². The quantitative estimate of drug-likeness (QED) is 0.915. The molecule has 0 amide bonds. The highest BCUT2D eigenvalue weighted by Crippen LogP contribution is 2.25. The molecule has 0 radical (unpaired) electrons. The lowest BCUT2D eigenvalue weighted by Crippen LogP contribution is -2.26. The molecule has 1 fully saturated rings. The lowest BCUT2D eigenvalue weighted by molar-refractivity contribution is -0.135. The van der Waals surface area contributed by atoms with E-state index >= 15 is 0 Å². The Morgan fingerprint density at radius 2 is 1.95 bits per heavy atom. The zero-order chi connectivity index (χ0) is 15.0. The van der Waals surface area contributed by atoms with Gasteiger partial charge in [-0.3, -0.25) is 0 Å². The van der Waals surface area contributed by atoms with Crippen LogP contribution in [-0.2, 0) is 19.3 Å². The molecule has 6 heteroatoms. The van der Waals surface area contributed by atoms with Gasteiger partial charge in [0, 0.05) is 0 Å². The molecule has 2 rings (SSSR count). The van der Waals surface area contributed by atoms with Crippen molar-refractivity contribution in [3.8, 4) is 0 Å². The zero-order valence-electron chi connectivity index (χ0n) is 11.9. The Bertz CT molecular complexity index is 560. The van der Waals surface area contributed by atoms with Crippen LogP contribution in [0.2, 0.25) is 0 Å². The molecule has 1 aliphatic heterocycles. The number of benzene rings is 1. The third-order valence-electron chi connectivity index (χ3n) is 3.19. The van der Waals surface area contributed by atoms with Gasteiger partial charge in [-0.1, -0.05) is 12.1 Å². The fourth-order valence-electron chi connectivity index (χ4n) is 2.14. The Balaban J connectivity index is 2.11. The minimum Gasteiger partial charge on any atom is -0.389 e. The van der Waals surface area contributed by atoms with Gasteiger partial charge in [0.05, 0.1) is 29.5 Å². The molecule has 0 bridgehead atoms. The summed E-state index contributed by atoms with van der Waals surface area (Å²) in [4.78, 5) is 0.232. The monoisotopic (exact) mass is 300 g/mol. The first-order chi connectivity index (χ1) is 9.20. The summed E-state index contributed by atoms with van der Waals surface area (Å²) >= 11 is 0. The van der Waals surface area contributed by atoms with E-state index in [2.05, 4.69) is 0 Å². The Hall–Kier alpha value is -0.950. The summed E-state index contributed by atoms with van der Waals surface area (Å²) < 4.78 is 35.5. The van der Waals surface area contributed by atoms with Crippen molar-refractivity contribution in [3.63, 3.8) is 0 Å². The highest BCUT2D eigenvalue weighted by molar-refractivity contribution is 7.91. The molecule has 0 spiro atoms. The van der Waals surface area contributed by atoms with Crippen molar-refractivity contribution in [3.05, 3.63) is 29.8 Å². The van der Waals surface area contributed by atoms with Crippen molar-refractivity contribution < 1.29 is 23.0 Å². The van der Waals surface area contributed by atoms with Gasteiger partial charge in [0.1, 0.15) is 0 Å². The van der Waals surface area contributed by atoms with Crippen LogP contribution in [0.25, 0.3) is 0 Å². The van der Waals surface area contributed by atoms with Crippen LogP contribution < -0.4 is 0 Å². The number of aliphatic hydroxyl groups excluding tert-OH is 1. The normalized spacial score (nSPS) is 23.7. The van der Waals surface area contributed by atoms with Crippen molar-refractivity contribution in [1.82, 2.24) is 0 Å². The predicted molar refractivity (Wildman–Crippen MR) is 74.0 cm³/mol. The smallest absolute Gasteiger partial charge is 0.181 e. The number of ether oxygens (including phenoxy) is 2. The van der Waals surface area contributed by atoms with Gasteiger partial charge in [-0.2, -0.15) is 0 Å². The summed E-state index contributed by atoms with van der Waals surface area (Å²) in [6, 6.07) is 6.26. The Morgan fingerprint density at radius 1 is 1.35 bits per heavy atom. The molecular formula is C14H20O5S. The van der Waals surface area contributed by atoms with Gasteiger partial charge in [-0.15, -0.1) is 0 Å². The Morgan fingerprint density at radius 3 is 2.40 bits per heavy atom. The fraction of sp³-hybridized carbons (Fsp3) is 0.571. The average molecular weight is 300 g/mol. The van der Waals surface area contributed by atoms with Crippen LogP contribution >= 0.6 is 0 Å². The first-order valence-corrected chi connectivity index (χ1v) is 8.17. The molecule has 1 N–H and O–H groups in total. The van der Waals surface area contributed by atoms with E-state index in [0.717, 1.165) is 0 Å². The maximum atomic E-state index is 12.3. The lowest BCUT2D eigenvalue weighted by Gasteiger charge is -2.17. The van der Waals surface area contributed by atoms with Crippen molar-refractivity contribution in [2.45, 2.75) is 43.7 Å². The number of sulfone groups is 1. The van der Waals surface area contributed by atoms with E-state index in [-0.39, 0.29) is 17.3 Å². The first-order valence-electron chi connectivity index (χ1n) is 6.52. The first kappa shape index (κ1) is 15.4. The largest absolute Gasteiger partial charge is 0.389 e. The molecular weight excluding hydrogens is 280 g/mol.